The van der Waals surface area contributed by atoms with Gasteiger partial charge in [0.25, 0.3) is 0 Å². The largest absolute Gasteiger partial charge is 0.435 e. The number of carbonyl (C=O) groups is 1. The van der Waals surface area contributed by atoms with Gasteiger partial charge in [-0.1, -0.05) is 11.3 Å². The zero-order valence-corrected chi connectivity index (χ0v) is 15.4. The molecule has 3 rings (SSSR count). The molecule has 1 N–H and O–H groups in total. The van der Waals surface area contributed by atoms with Crippen LogP contribution in [0.1, 0.15) is 12.1 Å². The van der Waals surface area contributed by atoms with Crippen molar-refractivity contribution in [2.24, 2.45) is 0 Å². The van der Waals surface area contributed by atoms with Crippen LogP contribution in [0.5, 0.6) is 5.75 Å². The number of anilines is 1. The van der Waals surface area contributed by atoms with E-state index in [0.717, 1.165) is 10.2 Å². The normalized spacial score (nSPS) is 11.2. The van der Waals surface area contributed by atoms with Crippen LogP contribution in [0.4, 0.5) is 13.9 Å². The molecule has 0 aliphatic carbocycles. The van der Waals surface area contributed by atoms with Crippen LogP contribution in [-0.4, -0.2) is 27.3 Å². The number of nitrogens with one attached hydrogen (secondary N) is 1. The number of hydrogen-bond donors (Lipinski definition) is 1. The number of rotatable bonds is 6. The highest BCUT2D eigenvalue weighted by Gasteiger charge is 2.11. The molecular weight excluding hydrogens is 418 g/mol. The van der Waals surface area contributed by atoms with Gasteiger partial charge in [-0.15, -0.1) is 0 Å². The quantitative estimate of drug-likeness (QED) is 0.636. The van der Waals surface area contributed by atoms with Crippen LogP contribution >= 0.6 is 27.3 Å². The number of ether oxygens (including phenoxy) is 1. The van der Waals surface area contributed by atoms with E-state index in [0.29, 0.717) is 21.9 Å². The number of fused-ring (bicyclic) bond motifs is 1. The molecule has 10 heteroatoms. The molecule has 0 unspecified atom stereocenters. The second kappa shape index (κ2) is 7.44. The van der Waals surface area contributed by atoms with Gasteiger partial charge in [-0.25, -0.2) is 4.98 Å². The molecule has 0 aliphatic heterocycles. The number of amides is 1. The maximum atomic E-state index is 12.2. The van der Waals surface area contributed by atoms with Crippen LogP contribution in [0, 0.1) is 6.92 Å². The summed E-state index contributed by atoms with van der Waals surface area (Å²) in [6.07, 6.45) is 2.05. The van der Waals surface area contributed by atoms with Gasteiger partial charge < -0.3 is 10.1 Å². The first kappa shape index (κ1) is 17.7. The molecule has 1 amide bonds. The van der Waals surface area contributed by atoms with Crippen molar-refractivity contribution in [1.29, 1.82) is 0 Å². The molecule has 25 heavy (non-hydrogen) atoms. The molecule has 2 aromatic heterocycles. The lowest BCUT2D eigenvalue weighted by Crippen LogP contribution is -2.14. The second-order valence-electron chi connectivity index (χ2n) is 5.15. The minimum absolute atomic E-state index is 0.0589. The summed E-state index contributed by atoms with van der Waals surface area (Å²) < 4.78 is 32.1. The van der Waals surface area contributed by atoms with Gasteiger partial charge in [0.2, 0.25) is 5.91 Å². The van der Waals surface area contributed by atoms with E-state index in [4.69, 9.17) is 0 Å². The van der Waals surface area contributed by atoms with E-state index >= 15 is 0 Å². The van der Waals surface area contributed by atoms with E-state index in [1.54, 1.807) is 10.7 Å². The summed E-state index contributed by atoms with van der Waals surface area (Å²) in [4.78, 5) is 16.3. The minimum atomic E-state index is -2.88. The first-order valence-corrected chi connectivity index (χ1v) is 8.86. The van der Waals surface area contributed by atoms with Crippen LogP contribution in [0.3, 0.4) is 0 Å². The van der Waals surface area contributed by atoms with Gasteiger partial charge >= 0.3 is 6.61 Å². The van der Waals surface area contributed by atoms with E-state index < -0.39 is 6.61 Å². The van der Waals surface area contributed by atoms with E-state index in [1.165, 1.54) is 23.5 Å². The van der Waals surface area contributed by atoms with Crippen molar-refractivity contribution >= 4 is 48.5 Å². The highest BCUT2D eigenvalue weighted by atomic mass is 79.9. The van der Waals surface area contributed by atoms with Crippen LogP contribution in [0.15, 0.2) is 28.9 Å². The Labute approximate surface area is 153 Å². The highest BCUT2D eigenvalue weighted by molar-refractivity contribution is 9.10. The Hall–Kier alpha value is -2.07. The number of nitrogens with zero attached hydrogens (tertiary/aromatic N) is 3. The van der Waals surface area contributed by atoms with E-state index in [1.807, 2.05) is 13.1 Å². The standard InChI is InChI=1S/C15H13BrF2N4O2S/c1-8-10(16)7-22(21-8)5-4-13(23)20-15-19-11-3-2-9(24-14(17)18)6-12(11)25-15/h2-3,6-7,14H,4-5H2,1H3,(H,19,20,23). The van der Waals surface area contributed by atoms with E-state index in [9.17, 15) is 13.6 Å². The molecule has 0 radical (unpaired) electrons. The van der Waals surface area contributed by atoms with Gasteiger partial charge in [-0.3, -0.25) is 9.48 Å². The second-order valence-corrected chi connectivity index (χ2v) is 7.04. The van der Waals surface area contributed by atoms with Crippen molar-refractivity contribution in [3.63, 3.8) is 0 Å². The summed E-state index contributed by atoms with van der Waals surface area (Å²) in [5.74, 6) is -0.143. The third-order valence-electron chi connectivity index (χ3n) is 3.29. The molecular formula is C15H13BrF2N4O2S. The zero-order chi connectivity index (χ0) is 18.0. The Morgan fingerprint density at radius 1 is 1.48 bits per heavy atom. The SMILES string of the molecule is Cc1nn(CCC(=O)Nc2nc3ccc(OC(F)F)cc3s2)cc1Br. The van der Waals surface area contributed by atoms with Crippen molar-refractivity contribution in [3.05, 3.63) is 34.6 Å². The maximum Gasteiger partial charge on any atom is 0.387 e. The van der Waals surface area contributed by atoms with Crippen molar-refractivity contribution in [3.8, 4) is 5.75 Å². The summed E-state index contributed by atoms with van der Waals surface area (Å²) >= 11 is 4.56. The average molecular weight is 431 g/mol. The fourth-order valence-corrected chi connectivity index (χ4v) is 3.37. The number of alkyl halides is 2. The lowest BCUT2D eigenvalue weighted by molar-refractivity contribution is -0.116. The lowest BCUT2D eigenvalue weighted by atomic mass is 10.3. The Morgan fingerprint density at radius 2 is 2.28 bits per heavy atom. The Bertz CT molecular complexity index is 893. The van der Waals surface area contributed by atoms with Crippen molar-refractivity contribution in [2.75, 3.05) is 5.32 Å². The van der Waals surface area contributed by atoms with Crippen molar-refractivity contribution < 1.29 is 18.3 Å². The summed E-state index contributed by atoms with van der Waals surface area (Å²) in [6, 6.07) is 4.46. The molecule has 2 heterocycles. The topological polar surface area (TPSA) is 69.0 Å². The number of thiazole rings is 1. The molecule has 0 fully saturated rings. The average Bonchev–Trinajstić information content (AvgIpc) is 3.07. The van der Waals surface area contributed by atoms with E-state index in [2.05, 4.69) is 36.1 Å². The van der Waals surface area contributed by atoms with Gasteiger partial charge in [0.15, 0.2) is 5.13 Å². The van der Waals surface area contributed by atoms with Crippen LogP contribution in [-0.2, 0) is 11.3 Å². The Morgan fingerprint density at radius 3 is 2.96 bits per heavy atom. The zero-order valence-electron chi connectivity index (χ0n) is 13.0. The first-order valence-electron chi connectivity index (χ1n) is 7.25. The maximum absolute atomic E-state index is 12.2. The summed E-state index contributed by atoms with van der Waals surface area (Å²) in [7, 11) is 0. The fourth-order valence-electron chi connectivity index (χ4n) is 2.14. The van der Waals surface area contributed by atoms with Gasteiger partial charge in [0.1, 0.15) is 5.75 Å². The lowest BCUT2D eigenvalue weighted by Gasteiger charge is -2.02. The van der Waals surface area contributed by atoms with E-state index in [-0.39, 0.29) is 18.1 Å². The molecule has 0 saturated carbocycles. The molecule has 0 spiro atoms. The van der Waals surface area contributed by atoms with Crippen LogP contribution in [0.2, 0.25) is 0 Å². The predicted molar refractivity (Wildman–Crippen MR) is 94.2 cm³/mol. The number of benzene rings is 1. The van der Waals surface area contributed by atoms with Gasteiger partial charge in [-0.05, 0) is 41.1 Å². The van der Waals surface area contributed by atoms with Crippen molar-refractivity contribution in [2.45, 2.75) is 26.5 Å². The first-order chi connectivity index (χ1) is 11.9. The highest BCUT2D eigenvalue weighted by Crippen LogP contribution is 2.29. The Kier molecular flexibility index (Phi) is 5.28. The van der Waals surface area contributed by atoms with Crippen LogP contribution in [0.25, 0.3) is 10.2 Å². The Balaban J connectivity index is 1.62. The molecule has 3 aromatic rings. The molecule has 0 aliphatic rings. The molecule has 0 atom stereocenters. The number of aryl methyl sites for hydroxylation is 2. The summed E-state index contributed by atoms with van der Waals surface area (Å²) in [5, 5.41) is 7.38. The number of carbonyl (C=O) groups excluding carboxylic acids is 1. The number of aromatic nitrogens is 3. The van der Waals surface area contributed by atoms with Crippen LogP contribution < -0.4 is 10.1 Å². The number of hydrogen-bond acceptors (Lipinski definition) is 5. The summed E-state index contributed by atoms with van der Waals surface area (Å²) in [6.45, 7) is -0.570. The van der Waals surface area contributed by atoms with Gasteiger partial charge in [-0.2, -0.15) is 13.9 Å². The molecule has 132 valence electrons. The molecule has 1 aromatic carbocycles. The summed E-state index contributed by atoms with van der Waals surface area (Å²) in [5.41, 5.74) is 1.46. The molecule has 6 nitrogen and oxygen atoms in total. The minimum Gasteiger partial charge on any atom is -0.435 e. The third kappa shape index (κ3) is 4.51. The van der Waals surface area contributed by atoms with Gasteiger partial charge in [0, 0.05) is 19.2 Å². The molecule has 0 bridgehead atoms. The monoisotopic (exact) mass is 430 g/mol. The molecule has 0 saturated heterocycles. The predicted octanol–water partition coefficient (Wildman–Crippen LogP) is 4.19. The van der Waals surface area contributed by atoms with Gasteiger partial charge in [0.05, 0.1) is 20.4 Å². The number of halogens is 3. The third-order valence-corrected chi connectivity index (χ3v) is 5.00. The fraction of sp³-hybridized carbons (Fsp3) is 0.267. The van der Waals surface area contributed by atoms with Crippen molar-refractivity contribution in [1.82, 2.24) is 14.8 Å². The smallest absolute Gasteiger partial charge is 0.387 e.